The molecule has 19 heavy (non-hydrogen) atoms. The molecule has 2 unspecified atom stereocenters. The maximum absolute atomic E-state index is 12.2. The summed E-state index contributed by atoms with van der Waals surface area (Å²) in [7, 11) is 0. The second kappa shape index (κ2) is 7.34. The lowest BCUT2D eigenvalue weighted by molar-refractivity contribution is 0.0928. The maximum Gasteiger partial charge on any atom is 0.251 e. The molecule has 0 aliphatic heterocycles. The SMILES string of the molecule is CSC1CCCC(NC(=O)c2ccc(CBr)cc2)C1. The van der Waals surface area contributed by atoms with Crippen molar-refractivity contribution in [3.05, 3.63) is 35.4 Å². The highest BCUT2D eigenvalue weighted by Gasteiger charge is 2.22. The average molecular weight is 342 g/mol. The smallest absolute Gasteiger partial charge is 0.251 e. The van der Waals surface area contributed by atoms with E-state index in [1.165, 1.54) is 18.4 Å². The van der Waals surface area contributed by atoms with Crippen LogP contribution in [0.2, 0.25) is 0 Å². The van der Waals surface area contributed by atoms with Gasteiger partial charge in [-0.1, -0.05) is 34.5 Å². The third-order valence-corrected chi connectivity index (χ3v) is 5.41. The van der Waals surface area contributed by atoms with Crippen molar-refractivity contribution >= 4 is 33.6 Å². The predicted octanol–water partition coefficient (Wildman–Crippen LogP) is 3.99. The first-order valence-corrected chi connectivity index (χ1v) is 9.12. The van der Waals surface area contributed by atoms with E-state index in [1.807, 2.05) is 36.0 Å². The third-order valence-electron chi connectivity index (χ3n) is 3.67. The number of rotatable bonds is 4. The minimum absolute atomic E-state index is 0.0628. The first-order chi connectivity index (χ1) is 9.22. The van der Waals surface area contributed by atoms with Gasteiger partial charge in [0.05, 0.1) is 0 Å². The van der Waals surface area contributed by atoms with Crippen molar-refractivity contribution < 1.29 is 4.79 Å². The normalized spacial score (nSPS) is 23.1. The van der Waals surface area contributed by atoms with Crippen LogP contribution in [0.5, 0.6) is 0 Å². The lowest BCUT2D eigenvalue weighted by atomic mass is 9.94. The van der Waals surface area contributed by atoms with Gasteiger partial charge in [0, 0.05) is 22.2 Å². The first-order valence-electron chi connectivity index (χ1n) is 6.71. The largest absolute Gasteiger partial charge is 0.349 e. The van der Waals surface area contributed by atoms with Gasteiger partial charge in [0.1, 0.15) is 0 Å². The molecule has 0 heterocycles. The number of benzene rings is 1. The molecule has 0 bridgehead atoms. The van der Waals surface area contributed by atoms with Crippen molar-refractivity contribution in [3.8, 4) is 0 Å². The molecule has 2 nitrogen and oxygen atoms in total. The monoisotopic (exact) mass is 341 g/mol. The summed E-state index contributed by atoms with van der Waals surface area (Å²) in [5.74, 6) is 0.0628. The second-order valence-electron chi connectivity index (χ2n) is 5.03. The molecule has 0 saturated heterocycles. The van der Waals surface area contributed by atoms with E-state index in [1.54, 1.807) is 0 Å². The molecule has 0 aromatic heterocycles. The number of hydrogen-bond acceptors (Lipinski definition) is 2. The Hall–Kier alpha value is -0.480. The lowest BCUT2D eigenvalue weighted by Crippen LogP contribution is -2.39. The molecule has 0 radical (unpaired) electrons. The van der Waals surface area contributed by atoms with Gasteiger partial charge in [0.25, 0.3) is 5.91 Å². The number of thioether (sulfide) groups is 1. The molecule has 1 aliphatic rings. The Morgan fingerprint density at radius 2 is 2.11 bits per heavy atom. The number of nitrogens with one attached hydrogen (secondary N) is 1. The quantitative estimate of drug-likeness (QED) is 0.839. The van der Waals surface area contributed by atoms with Crippen LogP contribution in [0.1, 0.15) is 41.6 Å². The summed E-state index contributed by atoms with van der Waals surface area (Å²) in [6.45, 7) is 0. The van der Waals surface area contributed by atoms with Crippen molar-refractivity contribution in [3.63, 3.8) is 0 Å². The van der Waals surface area contributed by atoms with Crippen LogP contribution >= 0.6 is 27.7 Å². The summed E-state index contributed by atoms with van der Waals surface area (Å²) in [5, 5.41) is 4.70. The molecule has 1 fully saturated rings. The fourth-order valence-corrected chi connectivity index (χ4v) is 3.71. The fourth-order valence-electron chi connectivity index (χ4n) is 2.50. The van der Waals surface area contributed by atoms with Crippen LogP contribution in [0.3, 0.4) is 0 Å². The highest BCUT2D eigenvalue weighted by atomic mass is 79.9. The van der Waals surface area contributed by atoms with Gasteiger partial charge < -0.3 is 5.32 Å². The van der Waals surface area contributed by atoms with Gasteiger partial charge in [-0.3, -0.25) is 4.79 Å². The third kappa shape index (κ3) is 4.25. The standard InChI is InChI=1S/C15H20BrNOS/c1-19-14-4-2-3-13(9-14)17-15(18)12-7-5-11(10-16)6-8-12/h5-8,13-14H,2-4,9-10H2,1H3,(H,17,18). The molecular formula is C15H20BrNOS. The van der Waals surface area contributed by atoms with Crippen LogP contribution < -0.4 is 5.32 Å². The molecule has 1 saturated carbocycles. The van der Waals surface area contributed by atoms with Crippen molar-refractivity contribution in [1.29, 1.82) is 0 Å². The fraction of sp³-hybridized carbons (Fsp3) is 0.533. The van der Waals surface area contributed by atoms with E-state index in [0.717, 1.165) is 23.7 Å². The molecular weight excluding hydrogens is 322 g/mol. The molecule has 1 amide bonds. The Bertz CT molecular complexity index is 421. The van der Waals surface area contributed by atoms with Gasteiger partial charge >= 0.3 is 0 Å². The molecule has 2 atom stereocenters. The van der Waals surface area contributed by atoms with Crippen LogP contribution in [-0.2, 0) is 5.33 Å². The van der Waals surface area contributed by atoms with E-state index in [4.69, 9.17) is 0 Å². The van der Waals surface area contributed by atoms with E-state index in [0.29, 0.717) is 11.3 Å². The van der Waals surface area contributed by atoms with Gasteiger partial charge in [-0.15, -0.1) is 0 Å². The van der Waals surface area contributed by atoms with Crippen molar-refractivity contribution in [1.82, 2.24) is 5.32 Å². The molecule has 1 aromatic rings. The van der Waals surface area contributed by atoms with Gasteiger partial charge in [-0.2, -0.15) is 11.8 Å². The Labute approximate surface area is 127 Å². The molecule has 2 rings (SSSR count). The van der Waals surface area contributed by atoms with Crippen LogP contribution in [0.4, 0.5) is 0 Å². The summed E-state index contributed by atoms with van der Waals surface area (Å²) < 4.78 is 0. The molecule has 1 aromatic carbocycles. The van der Waals surface area contributed by atoms with E-state index in [2.05, 4.69) is 27.5 Å². The van der Waals surface area contributed by atoms with Gasteiger partial charge in [-0.25, -0.2) is 0 Å². The summed E-state index contributed by atoms with van der Waals surface area (Å²) in [6.07, 6.45) is 6.88. The van der Waals surface area contributed by atoms with Gasteiger partial charge in [-0.05, 0) is 43.2 Å². The highest BCUT2D eigenvalue weighted by molar-refractivity contribution is 9.08. The van der Waals surface area contributed by atoms with E-state index < -0.39 is 0 Å². The summed E-state index contributed by atoms with van der Waals surface area (Å²) >= 11 is 5.33. The maximum atomic E-state index is 12.2. The van der Waals surface area contributed by atoms with Crippen LogP contribution in [0.15, 0.2) is 24.3 Å². The van der Waals surface area contributed by atoms with Gasteiger partial charge in [0.2, 0.25) is 0 Å². The molecule has 1 aliphatic carbocycles. The zero-order valence-corrected chi connectivity index (χ0v) is 13.6. The van der Waals surface area contributed by atoms with Gasteiger partial charge in [0.15, 0.2) is 0 Å². The van der Waals surface area contributed by atoms with Crippen LogP contribution in [-0.4, -0.2) is 23.5 Å². The Morgan fingerprint density at radius 3 is 2.74 bits per heavy atom. The number of carbonyl (C=O) groups is 1. The Morgan fingerprint density at radius 1 is 1.37 bits per heavy atom. The lowest BCUT2D eigenvalue weighted by Gasteiger charge is -2.28. The summed E-state index contributed by atoms with van der Waals surface area (Å²) in [4.78, 5) is 12.2. The number of alkyl halides is 1. The minimum Gasteiger partial charge on any atom is -0.349 e. The van der Waals surface area contributed by atoms with Crippen LogP contribution in [0.25, 0.3) is 0 Å². The van der Waals surface area contributed by atoms with E-state index in [9.17, 15) is 4.79 Å². The van der Waals surface area contributed by atoms with Crippen molar-refractivity contribution in [2.24, 2.45) is 0 Å². The average Bonchev–Trinajstić information content (AvgIpc) is 2.47. The minimum atomic E-state index is 0.0628. The Kier molecular flexibility index (Phi) is 5.76. The zero-order chi connectivity index (χ0) is 13.7. The van der Waals surface area contributed by atoms with Crippen molar-refractivity contribution in [2.45, 2.75) is 42.3 Å². The molecule has 1 N–H and O–H groups in total. The highest BCUT2D eigenvalue weighted by Crippen LogP contribution is 2.27. The number of hydrogen-bond donors (Lipinski definition) is 1. The topological polar surface area (TPSA) is 29.1 Å². The summed E-state index contributed by atoms with van der Waals surface area (Å²) in [5.41, 5.74) is 1.95. The zero-order valence-electron chi connectivity index (χ0n) is 11.2. The number of halogens is 1. The number of amides is 1. The predicted molar refractivity (Wildman–Crippen MR) is 86.1 cm³/mol. The summed E-state index contributed by atoms with van der Waals surface area (Å²) in [6, 6.07) is 8.14. The second-order valence-corrected chi connectivity index (χ2v) is 6.72. The Balaban J connectivity index is 1.92. The van der Waals surface area contributed by atoms with E-state index in [-0.39, 0.29) is 5.91 Å². The molecule has 104 valence electrons. The van der Waals surface area contributed by atoms with Crippen molar-refractivity contribution in [2.75, 3.05) is 6.26 Å². The molecule has 0 spiro atoms. The van der Waals surface area contributed by atoms with Crippen LogP contribution in [0, 0.1) is 0 Å². The van der Waals surface area contributed by atoms with E-state index >= 15 is 0 Å². The number of carbonyl (C=O) groups excluding carboxylic acids is 1. The molecule has 4 heteroatoms. The first kappa shape index (κ1) is 14.9.